The second-order valence-electron chi connectivity index (χ2n) is 8.63. The predicted octanol–water partition coefficient (Wildman–Crippen LogP) is 5.96. The fourth-order valence-corrected chi connectivity index (χ4v) is 5.19. The topological polar surface area (TPSA) is 15.3 Å². The van der Waals surface area contributed by atoms with Gasteiger partial charge in [0.1, 0.15) is 0 Å². The highest BCUT2D eigenvalue weighted by molar-refractivity contribution is 5.69. The van der Waals surface area contributed by atoms with Crippen LogP contribution in [0.4, 0.5) is 0 Å². The van der Waals surface area contributed by atoms with Crippen molar-refractivity contribution in [2.75, 3.05) is 19.6 Å². The number of hydrogen-bond acceptors (Lipinski definition) is 2. The molecule has 2 nitrogen and oxygen atoms in total. The first-order chi connectivity index (χ1) is 13.3. The summed E-state index contributed by atoms with van der Waals surface area (Å²) in [7, 11) is 0. The summed E-state index contributed by atoms with van der Waals surface area (Å²) in [6, 6.07) is 10.5. The van der Waals surface area contributed by atoms with Crippen molar-refractivity contribution in [3.63, 3.8) is 0 Å². The van der Waals surface area contributed by atoms with Crippen molar-refractivity contribution in [2.24, 2.45) is 0 Å². The van der Waals surface area contributed by atoms with Gasteiger partial charge in [-0.3, -0.25) is 4.90 Å². The molecule has 0 radical (unpaired) electrons. The average Bonchev–Trinajstić information content (AvgIpc) is 3.39. The third-order valence-electron chi connectivity index (χ3n) is 6.76. The number of benzene rings is 1. The van der Waals surface area contributed by atoms with Crippen LogP contribution in [0.5, 0.6) is 0 Å². The maximum atomic E-state index is 3.69. The van der Waals surface area contributed by atoms with Gasteiger partial charge < -0.3 is 5.32 Å². The van der Waals surface area contributed by atoms with E-state index in [0.717, 1.165) is 25.2 Å². The van der Waals surface area contributed by atoms with E-state index < -0.39 is 0 Å². The molecule has 2 heteroatoms. The number of nitrogens with one attached hydrogen (secondary N) is 1. The Morgan fingerprint density at radius 1 is 1.00 bits per heavy atom. The molecule has 2 saturated carbocycles. The molecule has 1 aromatic carbocycles. The van der Waals surface area contributed by atoms with Crippen molar-refractivity contribution in [3.8, 4) is 0 Å². The SMILES string of the molecule is C/C=C(/CNCCCCN(C1CCCC1)C1CCCC1)c1ccccc1C. The van der Waals surface area contributed by atoms with Crippen molar-refractivity contribution in [2.45, 2.75) is 90.1 Å². The Morgan fingerprint density at radius 2 is 1.63 bits per heavy atom. The van der Waals surface area contributed by atoms with Gasteiger partial charge in [0.25, 0.3) is 0 Å². The van der Waals surface area contributed by atoms with Crippen LogP contribution in [0.3, 0.4) is 0 Å². The lowest BCUT2D eigenvalue weighted by Gasteiger charge is -2.34. The summed E-state index contributed by atoms with van der Waals surface area (Å²) < 4.78 is 0. The van der Waals surface area contributed by atoms with Crippen molar-refractivity contribution in [1.82, 2.24) is 10.2 Å². The van der Waals surface area contributed by atoms with Gasteiger partial charge >= 0.3 is 0 Å². The fraction of sp³-hybridized carbons (Fsp3) is 0.680. The van der Waals surface area contributed by atoms with E-state index in [9.17, 15) is 0 Å². The van der Waals surface area contributed by atoms with Crippen LogP contribution in [-0.2, 0) is 0 Å². The van der Waals surface area contributed by atoms with E-state index in [1.807, 2.05) is 0 Å². The quantitative estimate of drug-likeness (QED) is 0.513. The number of aryl methyl sites for hydroxylation is 1. The molecule has 2 aliphatic carbocycles. The Hall–Kier alpha value is -1.12. The van der Waals surface area contributed by atoms with Gasteiger partial charge in [-0.1, -0.05) is 56.0 Å². The third-order valence-corrected chi connectivity index (χ3v) is 6.76. The Balaban J connectivity index is 1.38. The molecule has 2 aliphatic rings. The Labute approximate surface area is 167 Å². The van der Waals surface area contributed by atoms with E-state index in [4.69, 9.17) is 0 Å². The smallest absolute Gasteiger partial charge is 0.0208 e. The highest BCUT2D eigenvalue weighted by Gasteiger charge is 2.29. The van der Waals surface area contributed by atoms with E-state index in [2.05, 4.69) is 54.4 Å². The van der Waals surface area contributed by atoms with Crippen molar-refractivity contribution >= 4 is 5.57 Å². The van der Waals surface area contributed by atoms with Crippen LogP contribution >= 0.6 is 0 Å². The zero-order valence-corrected chi connectivity index (χ0v) is 17.7. The van der Waals surface area contributed by atoms with Crippen LogP contribution in [-0.4, -0.2) is 36.6 Å². The molecule has 3 rings (SSSR count). The lowest BCUT2D eigenvalue weighted by Crippen LogP contribution is -2.41. The van der Waals surface area contributed by atoms with Gasteiger partial charge in [-0.25, -0.2) is 0 Å². The molecule has 0 saturated heterocycles. The average molecular weight is 369 g/mol. The molecule has 0 aromatic heterocycles. The molecule has 150 valence electrons. The monoisotopic (exact) mass is 368 g/mol. The first-order valence-corrected chi connectivity index (χ1v) is 11.5. The largest absolute Gasteiger partial charge is 0.313 e. The number of allylic oxidation sites excluding steroid dienone is 1. The van der Waals surface area contributed by atoms with Crippen molar-refractivity contribution in [1.29, 1.82) is 0 Å². The van der Waals surface area contributed by atoms with Gasteiger partial charge in [-0.15, -0.1) is 0 Å². The summed E-state index contributed by atoms with van der Waals surface area (Å²) in [5, 5.41) is 3.69. The molecule has 0 spiro atoms. The molecule has 0 atom stereocenters. The molecule has 2 fully saturated rings. The fourth-order valence-electron chi connectivity index (χ4n) is 5.19. The number of unbranched alkanes of at least 4 members (excludes halogenated alkanes) is 1. The van der Waals surface area contributed by atoms with Gasteiger partial charge in [0.05, 0.1) is 0 Å². The zero-order valence-electron chi connectivity index (χ0n) is 17.7. The molecular formula is C25H40N2. The minimum Gasteiger partial charge on any atom is -0.313 e. The Morgan fingerprint density at radius 3 is 2.22 bits per heavy atom. The molecule has 1 aromatic rings. The second kappa shape index (κ2) is 11.0. The van der Waals surface area contributed by atoms with Gasteiger partial charge in [-0.2, -0.15) is 0 Å². The lowest BCUT2D eigenvalue weighted by atomic mass is 10.0. The molecule has 1 N–H and O–H groups in total. The van der Waals surface area contributed by atoms with E-state index in [-0.39, 0.29) is 0 Å². The summed E-state index contributed by atoms with van der Waals surface area (Å²) in [4.78, 5) is 2.92. The van der Waals surface area contributed by atoms with Crippen LogP contribution < -0.4 is 5.32 Å². The summed E-state index contributed by atoms with van der Waals surface area (Å²) in [5.41, 5.74) is 4.18. The van der Waals surface area contributed by atoms with Gasteiger partial charge in [0.15, 0.2) is 0 Å². The Kier molecular flexibility index (Phi) is 8.41. The molecule has 0 amide bonds. The van der Waals surface area contributed by atoms with Crippen LogP contribution in [0.2, 0.25) is 0 Å². The van der Waals surface area contributed by atoms with E-state index >= 15 is 0 Å². The van der Waals surface area contributed by atoms with Gasteiger partial charge in [0, 0.05) is 18.6 Å². The molecular weight excluding hydrogens is 328 g/mol. The minimum atomic E-state index is 0.900. The van der Waals surface area contributed by atoms with Crippen molar-refractivity contribution < 1.29 is 0 Å². The number of nitrogens with zero attached hydrogens (tertiary/aromatic N) is 1. The lowest BCUT2D eigenvalue weighted by molar-refractivity contribution is 0.134. The maximum absolute atomic E-state index is 3.69. The first kappa shape index (κ1) is 20.6. The standard InChI is InChI=1S/C25H40N2/c1-3-22(25-17-9-4-12-21(25)2)20-26-18-10-11-19-27(23-13-5-6-14-23)24-15-7-8-16-24/h3-4,9,12,17,23-24,26H,5-8,10-11,13-16,18-20H2,1-2H3/b22-3-. The van der Waals surface area contributed by atoms with Crippen molar-refractivity contribution in [3.05, 3.63) is 41.5 Å². The van der Waals surface area contributed by atoms with E-state index in [1.165, 1.54) is 87.5 Å². The summed E-state index contributed by atoms with van der Waals surface area (Å²) in [5.74, 6) is 0. The predicted molar refractivity (Wildman–Crippen MR) is 118 cm³/mol. The van der Waals surface area contributed by atoms with Crippen LogP contribution in [0.1, 0.15) is 82.3 Å². The summed E-state index contributed by atoms with van der Waals surface area (Å²) in [6.45, 7) is 7.80. The van der Waals surface area contributed by atoms with Gasteiger partial charge in [0.2, 0.25) is 0 Å². The van der Waals surface area contributed by atoms with Crippen LogP contribution in [0.15, 0.2) is 30.3 Å². The second-order valence-corrected chi connectivity index (χ2v) is 8.63. The molecule has 0 aliphatic heterocycles. The summed E-state index contributed by atoms with van der Waals surface area (Å²) >= 11 is 0. The normalized spacial score (nSPS) is 19.4. The summed E-state index contributed by atoms with van der Waals surface area (Å²) in [6.07, 6.45) is 16.5. The van der Waals surface area contributed by atoms with Crippen LogP contribution in [0.25, 0.3) is 5.57 Å². The van der Waals surface area contributed by atoms with E-state index in [0.29, 0.717) is 0 Å². The number of hydrogen-bond donors (Lipinski definition) is 1. The van der Waals surface area contributed by atoms with E-state index in [1.54, 1.807) is 0 Å². The third kappa shape index (κ3) is 5.93. The maximum Gasteiger partial charge on any atom is 0.0208 e. The Bertz CT molecular complexity index is 564. The van der Waals surface area contributed by atoms with Gasteiger partial charge in [-0.05, 0) is 82.2 Å². The highest BCUT2D eigenvalue weighted by atomic mass is 15.2. The minimum absolute atomic E-state index is 0.900. The first-order valence-electron chi connectivity index (χ1n) is 11.5. The molecule has 0 heterocycles. The highest BCUT2D eigenvalue weighted by Crippen LogP contribution is 2.31. The molecule has 27 heavy (non-hydrogen) atoms. The van der Waals surface area contributed by atoms with Crippen LogP contribution in [0, 0.1) is 6.92 Å². The zero-order chi connectivity index (χ0) is 18.9. The molecule has 0 unspecified atom stereocenters. The number of rotatable bonds is 10. The molecule has 0 bridgehead atoms.